The van der Waals surface area contributed by atoms with Crippen LogP contribution < -0.4 is 5.32 Å². The van der Waals surface area contributed by atoms with Crippen LogP contribution in [0.1, 0.15) is 61.3 Å². The lowest BCUT2D eigenvalue weighted by atomic mass is 10.0. The average molecular weight is 228 g/mol. The van der Waals surface area contributed by atoms with Crippen molar-refractivity contribution in [1.29, 1.82) is 0 Å². The standard InChI is InChI=1S/C14H32N2/c1-8-10-13(11-15-14(5,6)7)16(9-2)12(3)4/h12-13,15H,8-11H2,1-7H3. The van der Waals surface area contributed by atoms with Crippen molar-refractivity contribution in [2.45, 2.75) is 78.9 Å². The largest absolute Gasteiger partial charge is 0.311 e. The van der Waals surface area contributed by atoms with Gasteiger partial charge in [0.1, 0.15) is 0 Å². The molecule has 0 spiro atoms. The van der Waals surface area contributed by atoms with Gasteiger partial charge < -0.3 is 5.32 Å². The fourth-order valence-electron chi connectivity index (χ4n) is 2.19. The van der Waals surface area contributed by atoms with Crippen molar-refractivity contribution in [1.82, 2.24) is 10.2 Å². The van der Waals surface area contributed by atoms with Gasteiger partial charge in [-0.15, -0.1) is 0 Å². The summed E-state index contributed by atoms with van der Waals surface area (Å²) in [6.07, 6.45) is 2.55. The second kappa shape index (κ2) is 7.29. The van der Waals surface area contributed by atoms with Crippen molar-refractivity contribution in [2.75, 3.05) is 13.1 Å². The molecule has 0 rings (SSSR count). The summed E-state index contributed by atoms with van der Waals surface area (Å²) in [7, 11) is 0. The van der Waals surface area contributed by atoms with Crippen LogP contribution in [0.4, 0.5) is 0 Å². The van der Waals surface area contributed by atoms with Crippen molar-refractivity contribution in [2.24, 2.45) is 0 Å². The summed E-state index contributed by atoms with van der Waals surface area (Å²) >= 11 is 0. The summed E-state index contributed by atoms with van der Waals surface area (Å²) in [4.78, 5) is 2.60. The van der Waals surface area contributed by atoms with Crippen LogP contribution in [0.5, 0.6) is 0 Å². The van der Waals surface area contributed by atoms with E-state index in [1.54, 1.807) is 0 Å². The van der Waals surface area contributed by atoms with Gasteiger partial charge in [0.25, 0.3) is 0 Å². The molecule has 1 atom stereocenters. The Labute approximate surface area is 103 Å². The van der Waals surface area contributed by atoms with Crippen LogP contribution in [0, 0.1) is 0 Å². The minimum absolute atomic E-state index is 0.225. The topological polar surface area (TPSA) is 15.3 Å². The molecule has 0 aromatic carbocycles. The van der Waals surface area contributed by atoms with E-state index in [2.05, 4.69) is 58.7 Å². The molecule has 0 aliphatic rings. The van der Waals surface area contributed by atoms with Gasteiger partial charge in [-0.05, 0) is 47.6 Å². The van der Waals surface area contributed by atoms with Gasteiger partial charge in [0.05, 0.1) is 0 Å². The highest BCUT2D eigenvalue weighted by Crippen LogP contribution is 2.11. The zero-order valence-corrected chi connectivity index (χ0v) is 12.4. The Morgan fingerprint density at radius 2 is 1.69 bits per heavy atom. The maximum Gasteiger partial charge on any atom is 0.0223 e. The van der Waals surface area contributed by atoms with E-state index < -0.39 is 0 Å². The van der Waals surface area contributed by atoms with E-state index >= 15 is 0 Å². The molecule has 2 nitrogen and oxygen atoms in total. The smallest absolute Gasteiger partial charge is 0.0223 e. The maximum absolute atomic E-state index is 3.63. The minimum atomic E-state index is 0.225. The second-order valence-electron chi connectivity index (χ2n) is 6.00. The summed E-state index contributed by atoms with van der Waals surface area (Å²) in [5.74, 6) is 0. The van der Waals surface area contributed by atoms with Crippen molar-refractivity contribution in [3.05, 3.63) is 0 Å². The highest BCUT2D eigenvalue weighted by atomic mass is 15.2. The van der Waals surface area contributed by atoms with E-state index in [1.165, 1.54) is 12.8 Å². The maximum atomic E-state index is 3.63. The van der Waals surface area contributed by atoms with Crippen LogP contribution in [0.3, 0.4) is 0 Å². The molecule has 0 amide bonds. The molecular formula is C14H32N2. The molecular weight excluding hydrogens is 196 g/mol. The molecule has 0 aliphatic heterocycles. The van der Waals surface area contributed by atoms with Gasteiger partial charge in [-0.25, -0.2) is 0 Å². The molecule has 1 unspecified atom stereocenters. The zero-order valence-electron chi connectivity index (χ0n) is 12.4. The Hall–Kier alpha value is -0.0800. The Balaban J connectivity index is 4.34. The van der Waals surface area contributed by atoms with Gasteiger partial charge >= 0.3 is 0 Å². The predicted molar refractivity (Wildman–Crippen MR) is 74.0 cm³/mol. The van der Waals surface area contributed by atoms with Crippen LogP contribution in [0.2, 0.25) is 0 Å². The zero-order chi connectivity index (χ0) is 12.8. The molecule has 0 fully saturated rings. The molecule has 0 aliphatic carbocycles. The van der Waals surface area contributed by atoms with Crippen molar-refractivity contribution in [3.63, 3.8) is 0 Å². The fraction of sp³-hybridized carbons (Fsp3) is 1.00. The van der Waals surface area contributed by atoms with Gasteiger partial charge in [-0.1, -0.05) is 20.3 Å². The van der Waals surface area contributed by atoms with Crippen LogP contribution >= 0.6 is 0 Å². The molecule has 0 bridgehead atoms. The second-order valence-corrected chi connectivity index (χ2v) is 6.00. The summed E-state index contributed by atoms with van der Waals surface area (Å²) in [5, 5.41) is 3.63. The van der Waals surface area contributed by atoms with E-state index in [0.717, 1.165) is 13.1 Å². The third-order valence-corrected chi connectivity index (χ3v) is 2.99. The number of hydrogen-bond acceptors (Lipinski definition) is 2. The summed E-state index contributed by atoms with van der Waals surface area (Å²) in [5.41, 5.74) is 0.225. The molecule has 0 heterocycles. The molecule has 1 N–H and O–H groups in total. The number of likely N-dealkylation sites (N-methyl/N-ethyl adjacent to an activating group) is 1. The quantitative estimate of drug-likeness (QED) is 0.719. The lowest BCUT2D eigenvalue weighted by Gasteiger charge is -2.36. The fourth-order valence-corrected chi connectivity index (χ4v) is 2.19. The number of hydrogen-bond donors (Lipinski definition) is 1. The number of nitrogens with one attached hydrogen (secondary N) is 1. The lowest BCUT2D eigenvalue weighted by Crippen LogP contribution is -2.49. The Morgan fingerprint density at radius 3 is 2.00 bits per heavy atom. The third-order valence-electron chi connectivity index (χ3n) is 2.99. The van der Waals surface area contributed by atoms with Crippen LogP contribution in [-0.2, 0) is 0 Å². The van der Waals surface area contributed by atoms with Crippen molar-refractivity contribution < 1.29 is 0 Å². The Bertz CT molecular complexity index is 170. The summed E-state index contributed by atoms with van der Waals surface area (Å²) in [6, 6.07) is 1.32. The summed E-state index contributed by atoms with van der Waals surface area (Å²) in [6.45, 7) is 18.1. The molecule has 0 aromatic heterocycles. The predicted octanol–water partition coefficient (Wildman–Crippen LogP) is 3.27. The van der Waals surface area contributed by atoms with E-state index in [0.29, 0.717) is 12.1 Å². The average Bonchev–Trinajstić information content (AvgIpc) is 2.13. The highest BCUT2D eigenvalue weighted by Gasteiger charge is 2.20. The molecule has 0 aromatic rings. The van der Waals surface area contributed by atoms with E-state index in [-0.39, 0.29) is 5.54 Å². The first-order valence-electron chi connectivity index (χ1n) is 6.82. The summed E-state index contributed by atoms with van der Waals surface area (Å²) < 4.78 is 0. The van der Waals surface area contributed by atoms with Gasteiger partial charge in [-0.3, -0.25) is 4.90 Å². The number of nitrogens with zero attached hydrogens (tertiary/aromatic N) is 1. The lowest BCUT2D eigenvalue weighted by molar-refractivity contribution is 0.143. The van der Waals surface area contributed by atoms with E-state index in [4.69, 9.17) is 0 Å². The third kappa shape index (κ3) is 6.49. The molecule has 0 saturated heterocycles. The van der Waals surface area contributed by atoms with Crippen molar-refractivity contribution in [3.8, 4) is 0 Å². The monoisotopic (exact) mass is 228 g/mol. The molecule has 0 radical (unpaired) electrons. The molecule has 16 heavy (non-hydrogen) atoms. The van der Waals surface area contributed by atoms with Gasteiger partial charge in [-0.2, -0.15) is 0 Å². The Morgan fingerprint density at radius 1 is 1.12 bits per heavy atom. The van der Waals surface area contributed by atoms with Gasteiger partial charge in [0.15, 0.2) is 0 Å². The minimum Gasteiger partial charge on any atom is -0.311 e. The highest BCUT2D eigenvalue weighted by molar-refractivity contribution is 4.80. The SMILES string of the molecule is CCCC(CNC(C)(C)C)N(CC)C(C)C. The van der Waals surface area contributed by atoms with E-state index in [9.17, 15) is 0 Å². The van der Waals surface area contributed by atoms with Crippen LogP contribution in [-0.4, -0.2) is 35.6 Å². The number of rotatable bonds is 7. The first-order valence-corrected chi connectivity index (χ1v) is 6.82. The first kappa shape index (κ1) is 15.9. The molecule has 2 heteroatoms. The van der Waals surface area contributed by atoms with Gasteiger partial charge in [0, 0.05) is 24.2 Å². The van der Waals surface area contributed by atoms with Crippen LogP contribution in [0.15, 0.2) is 0 Å². The Kier molecular flexibility index (Phi) is 7.25. The normalized spacial score (nSPS) is 14.8. The first-order chi connectivity index (χ1) is 7.31. The van der Waals surface area contributed by atoms with Crippen molar-refractivity contribution >= 4 is 0 Å². The van der Waals surface area contributed by atoms with E-state index in [1.807, 2.05) is 0 Å². The molecule has 0 saturated carbocycles. The van der Waals surface area contributed by atoms with Gasteiger partial charge in [0.2, 0.25) is 0 Å². The van der Waals surface area contributed by atoms with Crippen LogP contribution in [0.25, 0.3) is 0 Å². The molecule has 98 valence electrons.